The van der Waals surface area contributed by atoms with E-state index >= 15 is 0 Å². The van der Waals surface area contributed by atoms with Gasteiger partial charge in [0.2, 0.25) is 5.91 Å². The zero-order valence-corrected chi connectivity index (χ0v) is 18.8. The van der Waals surface area contributed by atoms with Gasteiger partial charge in [-0.1, -0.05) is 12.1 Å². The predicted molar refractivity (Wildman–Crippen MR) is 122 cm³/mol. The molecule has 31 heavy (non-hydrogen) atoms. The van der Waals surface area contributed by atoms with Crippen molar-refractivity contribution in [3.8, 4) is 0 Å². The molecule has 7 nitrogen and oxygen atoms in total. The number of aromatic nitrogens is 2. The number of fused-ring (bicyclic) bond motifs is 1. The molecule has 0 bridgehead atoms. The van der Waals surface area contributed by atoms with Gasteiger partial charge in [-0.3, -0.25) is 4.79 Å². The Morgan fingerprint density at radius 3 is 2.90 bits per heavy atom. The van der Waals surface area contributed by atoms with Gasteiger partial charge in [0.25, 0.3) is 0 Å². The maximum Gasteiger partial charge on any atom is 0.227 e. The lowest BCUT2D eigenvalue weighted by atomic mass is 9.96. The maximum absolute atomic E-state index is 13.0. The van der Waals surface area contributed by atoms with Gasteiger partial charge in [-0.15, -0.1) is 0 Å². The van der Waals surface area contributed by atoms with E-state index in [2.05, 4.69) is 28.6 Å². The Morgan fingerprint density at radius 1 is 1.32 bits per heavy atom. The van der Waals surface area contributed by atoms with E-state index in [0.29, 0.717) is 18.3 Å². The first-order chi connectivity index (χ1) is 15.0. The number of benzene rings is 1. The molecule has 1 aromatic carbocycles. The van der Waals surface area contributed by atoms with Crippen molar-refractivity contribution >= 4 is 22.7 Å². The van der Waals surface area contributed by atoms with E-state index in [0.717, 1.165) is 59.5 Å². The molecule has 3 aromatic rings. The Bertz CT molecular complexity index is 1090. The third kappa shape index (κ3) is 4.56. The van der Waals surface area contributed by atoms with Crippen LogP contribution in [0.5, 0.6) is 0 Å². The van der Waals surface area contributed by atoms with E-state index in [9.17, 15) is 4.79 Å². The maximum atomic E-state index is 13.0. The Labute approximate surface area is 183 Å². The first-order valence-electron chi connectivity index (χ1n) is 10.9. The molecule has 164 valence electrons. The predicted octanol–water partition coefficient (Wildman–Crippen LogP) is 3.55. The first-order valence-corrected chi connectivity index (χ1v) is 10.9. The van der Waals surface area contributed by atoms with Gasteiger partial charge < -0.3 is 20.0 Å². The highest BCUT2D eigenvalue weighted by Crippen LogP contribution is 2.27. The molecule has 2 aromatic heterocycles. The SMILES string of the molecule is CNc1cc(C2CCCNC2)nc(CN(C)C(=O)Cc2coc3c(C)c(C)ccc23)n1. The largest absolute Gasteiger partial charge is 0.464 e. The number of anilines is 1. The summed E-state index contributed by atoms with van der Waals surface area (Å²) in [5.74, 6) is 1.85. The fourth-order valence-corrected chi connectivity index (χ4v) is 4.15. The van der Waals surface area contributed by atoms with E-state index in [1.54, 1.807) is 18.2 Å². The number of piperidine rings is 1. The standard InChI is InChI=1S/C24H31N5O2/c1-15-7-8-19-18(14-31-24(19)16(15)2)10-23(30)29(4)13-22-27-20(11-21(25-3)28-22)17-6-5-9-26-12-17/h7-8,11,14,17,26H,5-6,9-10,12-13H2,1-4H3,(H,25,27,28). The van der Waals surface area contributed by atoms with Crippen LogP contribution in [0, 0.1) is 13.8 Å². The summed E-state index contributed by atoms with van der Waals surface area (Å²) in [7, 11) is 3.66. The van der Waals surface area contributed by atoms with Crippen LogP contribution in [0.4, 0.5) is 5.82 Å². The lowest BCUT2D eigenvalue weighted by Gasteiger charge is -2.23. The number of carbonyl (C=O) groups is 1. The van der Waals surface area contributed by atoms with Crippen molar-refractivity contribution in [2.45, 2.75) is 45.6 Å². The quantitative estimate of drug-likeness (QED) is 0.633. The molecule has 1 fully saturated rings. The zero-order chi connectivity index (χ0) is 22.0. The smallest absolute Gasteiger partial charge is 0.227 e. The molecule has 4 rings (SSSR count). The van der Waals surface area contributed by atoms with Gasteiger partial charge in [-0.05, 0) is 44.4 Å². The van der Waals surface area contributed by atoms with Crippen molar-refractivity contribution < 1.29 is 9.21 Å². The number of amides is 1. The van der Waals surface area contributed by atoms with Crippen molar-refractivity contribution in [2.75, 3.05) is 32.5 Å². The van der Waals surface area contributed by atoms with Crippen LogP contribution in [0.15, 0.2) is 28.9 Å². The average Bonchev–Trinajstić information content (AvgIpc) is 3.19. The molecule has 1 saturated heterocycles. The Hall–Kier alpha value is -2.93. The Morgan fingerprint density at radius 2 is 2.16 bits per heavy atom. The lowest BCUT2D eigenvalue weighted by molar-refractivity contribution is -0.129. The second-order valence-electron chi connectivity index (χ2n) is 8.46. The van der Waals surface area contributed by atoms with Crippen LogP contribution in [-0.4, -0.2) is 48.0 Å². The molecule has 1 amide bonds. The highest BCUT2D eigenvalue weighted by molar-refractivity contribution is 5.89. The van der Waals surface area contributed by atoms with Crippen LogP contribution in [0.2, 0.25) is 0 Å². The molecule has 7 heteroatoms. The molecular weight excluding hydrogens is 390 g/mol. The van der Waals surface area contributed by atoms with E-state index < -0.39 is 0 Å². The number of nitrogens with one attached hydrogen (secondary N) is 2. The summed E-state index contributed by atoms with van der Waals surface area (Å²) in [5.41, 5.74) is 5.11. The topological polar surface area (TPSA) is 83.3 Å². The summed E-state index contributed by atoms with van der Waals surface area (Å²) in [6.45, 7) is 6.47. The highest BCUT2D eigenvalue weighted by atomic mass is 16.3. The minimum atomic E-state index is 0.0141. The van der Waals surface area contributed by atoms with Crippen molar-refractivity contribution in [3.05, 3.63) is 52.7 Å². The number of carbonyl (C=O) groups excluding carboxylic acids is 1. The molecule has 1 atom stereocenters. The average molecular weight is 422 g/mol. The minimum absolute atomic E-state index is 0.0141. The number of nitrogens with zero attached hydrogens (tertiary/aromatic N) is 3. The summed E-state index contributed by atoms with van der Waals surface area (Å²) >= 11 is 0. The summed E-state index contributed by atoms with van der Waals surface area (Å²) in [6, 6.07) is 6.13. The van der Waals surface area contributed by atoms with Crippen LogP contribution in [0.1, 0.15) is 47.0 Å². The normalized spacial score (nSPS) is 16.5. The molecule has 0 aliphatic carbocycles. The second-order valence-corrected chi connectivity index (χ2v) is 8.46. The summed E-state index contributed by atoms with van der Waals surface area (Å²) in [4.78, 5) is 24.0. The van der Waals surface area contributed by atoms with Gasteiger partial charge in [0, 0.05) is 43.6 Å². The van der Waals surface area contributed by atoms with E-state index in [4.69, 9.17) is 9.40 Å². The lowest BCUT2D eigenvalue weighted by Crippen LogP contribution is -2.30. The van der Waals surface area contributed by atoms with Gasteiger partial charge in [0.15, 0.2) is 0 Å². The van der Waals surface area contributed by atoms with Crippen LogP contribution < -0.4 is 10.6 Å². The highest BCUT2D eigenvalue weighted by Gasteiger charge is 2.20. The summed E-state index contributed by atoms with van der Waals surface area (Å²) in [5, 5.41) is 7.57. The molecule has 0 saturated carbocycles. The molecule has 0 spiro atoms. The van der Waals surface area contributed by atoms with E-state index in [1.807, 2.05) is 26.1 Å². The van der Waals surface area contributed by atoms with Crippen molar-refractivity contribution in [1.82, 2.24) is 20.2 Å². The van der Waals surface area contributed by atoms with Gasteiger partial charge in [-0.2, -0.15) is 0 Å². The van der Waals surface area contributed by atoms with Crippen LogP contribution in [0.25, 0.3) is 11.0 Å². The van der Waals surface area contributed by atoms with Gasteiger partial charge >= 0.3 is 0 Å². The number of likely N-dealkylation sites (N-methyl/N-ethyl adjacent to an activating group) is 1. The zero-order valence-electron chi connectivity index (χ0n) is 18.8. The molecule has 2 N–H and O–H groups in total. The Kier molecular flexibility index (Phi) is 6.23. The van der Waals surface area contributed by atoms with E-state index in [-0.39, 0.29) is 12.3 Å². The van der Waals surface area contributed by atoms with Gasteiger partial charge in [0.1, 0.15) is 17.2 Å². The fraction of sp³-hybridized carbons (Fsp3) is 0.458. The fourth-order valence-electron chi connectivity index (χ4n) is 4.15. The number of aryl methyl sites for hydroxylation is 2. The van der Waals surface area contributed by atoms with Crippen LogP contribution >= 0.6 is 0 Å². The minimum Gasteiger partial charge on any atom is -0.464 e. The molecule has 0 radical (unpaired) electrons. The number of hydrogen-bond acceptors (Lipinski definition) is 6. The number of furan rings is 1. The third-order valence-corrected chi connectivity index (χ3v) is 6.25. The number of hydrogen-bond donors (Lipinski definition) is 2. The van der Waals surface area contributed by atoms with Crippen LogP contribution in [0.3, 0.4) is 0 Å². The van der Waals surface area contributed by atoms with Crippen molar-refractivity contribution in [1.29, 1.82) is 0 Å². The summed E-state index contributed by atoms with van der Waals surface area (Å²) < 4.78 is 5.76. The monoisotopic (exact) mass is 421 g/mol. The van der Waals surface area contributed by atoms with Crippen LogP contribution in [-0.2, 0) is 17.8 Å². The van der Waals surface area contributed by atoms with Crippen molar-refractivity contribution in [2.24, 2.45) is 0 Å². The van der Waals surface area contributed by atoms with Gasteiger partial charge in [0.05, 0.1) is 24.9 Å². The molecule has 3 heterocycles. The van der Waals surface area contributed by atoms with Crippen molar-refractivity contribution in [3.63, 3.8) is 0 Å². The van der Waals surface area contributed by atoms with E-state index in [1.165, 1.54) is 5.56 Å². The Balaban J connectivity index is 1.49. The van der Waals surface area contributed by atoms with Gasteiger partial charge in [-0.25, -0.2) is 9.97 Å². The first kappa shape index (κ1) is 21.3. The molecule has 1 aliphatic rings. The second kappa shape index (κ2) is 9.06. The summed E-state index contributed by atoms with van der Waals surface area (Å²) in [6.07, 6.45) is 4.26. The molecule has 1 unspecified atom stereocenters. The third-order valence-electron chi connectivity index (χ3n) is 6.25. The number of rotatable bonds is 6. The molecular formula is C24H31N5O2. The molecule has 1 aliphatic heterocycles.